The number of rotatable bonds is 4. The van der Waals surface area contributed by atoms with Crippen molar-refractivity contribution < 1.29 is 5.11 Å². The Labute approximate surface area is 111 Å². The van der Waals surface area contributed by atoms with Gasteiger partial charge >= 0.3 is 0 Å². The van der Waals surface area contributed by atoms with E-state index >= 15 is 0 Å². The Kier molecular flexibility index (Phi) is 4.28. The molecule has 0 amide bonds. The van der Waals surface area contributed by atoms with Crippen molar-refractivity contribution in [2.75, 3.05) is 24.6 Å². The predicted octanol–water partition coefficient (Wildman–Crippen LogP) is 3.24. The molecule has 0 aromatic heterocycles. The molecule has 0 saturated carbocycles. The van der Waals surface area contributed by atoms with E-state index in [0.29, 0.717) is 0 Å². The van der Waals surface area contributed by atoms with E-state index in [4.69, 9.17) is 0 Å². The molecule has 1 heterocycles. The standard InChI is InChI=1S/C16H25NO/c1-3-16(2,13-18)12-17-11-7-6-9-14-8-4-5-10-15(14)17/h4-5,8,10,18H,3,6-7,9,11-13H2,1-2H3. The highest BCUT2D eigenvalue weighted by atomic mass is 16.3. The minimum absolute atomic E-state index is 0.0114. The Morgan fingerprint density at radius 3 is 2.78 bits per heavy atom. The first-order chi connectivity index (χ1) is 8.68. The minimum atomic E-state index is 0.0114. The van der Waals surface area contributed by atoms with Gasteiger partial charge in [-0.1, -0.05) is 32.0 Å². The SMILES string of the molecule is CCC(C)(CO)CN1CCCCc2ccccc21. The van der Waals surface area contributed by atoms with Gasteiger partial charge in [0.05, 0.1) is 6.61 Å². The Morgan fingerprint density at radius 2 is 2.06 bits per heavy atom. The van der Waals surface area contributed by atoms with Crippen LogP contribution in [0.5, 0.6) is 0 Å². The number of aliphatic hydroxyl groups is 1. The molecule has 0 saturated heterocycles. The van der Waals surface area contributed by atoms with Gasteiger partial charge in [0.1, 0.15) is 0 Å². The Morgan fingerprint density at radius 1 is 1.28 bits per heavy atom. The number of aliphatic hydroxyl groups excluding tert-OH is 1. The third-order valence-electron chi connectivity index (χ3n) is 4.26. The highest BCUT2D eigenvalue weighted by molar-refractivity contribution is 5.54. The lowest BCUT2D eigenvalue weighted by Gasteiger charge is -2.35. The molecule has 0 radical (unpaired) electrons. The van der Waals surface area contributed by atoms with E-state index in [1.165, 1.54) is 30.5 Å². The Bertz CT molecular complexity index is 384. The highest BCUT2D eigenvalue weighted by Gasteiger charge is 2.26. The summed E-state index contributed by atoms with van der Waals surface area (Å²) in [4.78, 5) is 2.47. The number of para-hydroxylation sites is 1. The van der Waals surface area contributed by atoms with Crippen LogP contribution in [-0.2, 0) is 6.42 Å². The summed E-state index contributed by atoms with van der Waals surface area (Å²) < 4.78 is 0. The van der Waals surface area contributed by atoms with Crippen LogP contribution in [0.15, 0.2) is 24.3 Å². The van der Waals surface area contributed by atoms with Gasteiger partial charge in [-0.15, -0.1) is 0 Å². The molecule has 2 rings (SSSR count). The normalized spacial score (nSPS) is 18.9. The van der Waals surface area contributed by atoms with Gasteiger partial charge in [0.2, 0.25) is 0 Å². The first-order valence-corrected chi connectivity index (χ1v) is 7.12. The summed E-state index contributed by atoms with van der Waals surface area (Å²) in [7, 11) is 0. The number of benzene rings is 1. The van der Waals surface area contributed by atoms with E-state index < -0.39 is 0 Å². The van der Waals surface area contributed by atoms with E-state index in [1.807, 2.05) is 0 Å². The Balaban J connectivity index is 2.23. The summed E-state index contributed by atoms with van der Waals surface area (Å²) in [5.41, 5.74) is 2.85. The molecule has 1 aromatic rings. The molecule has 0 spiro atoms. The van der Waals surface area contributed by atoms with Gasteiger partial charge in [-0.05, 0) is 37.3 Å². The minimum Gasteiger partial charge on any atom is -0.396 e. The average molecular weight is 247 g/mol. The summed E-state index contributed by atoms with van der Waals surface area (Å²) in [5.74, 6) is 0. The van der Waals surface area contributed by atoms with Gasteiger partial charge < -0.3 is 10.0 Å². The van der Waals surface area contributed by atoms with Crippen molar-refractivity contribution in [3.05, 3.63) is 29.8 Å². The molecule has 1 aromatic carbocycles. The zero-order valence-corrected chi connectivity index (χ0v) is 11.7. The van der Waals surface area contributed by atoms with Gasteiger partial charge in [-0.2, -0.15) is 0 Å². The quantitative estimate of drug-likeness (QED) is 0.883. The first-order valence-electron chi connectivity index (χ1n) is 7.12. The van der Waals surface area contributed by atoms with Gasteiger partial charge in [0.15, 0.2) is 0 Å². The second-order valence-electron chi connectivity index (χ2n) is 5.83. The zero-order valence-electron chi connectivity index (χ0n) is 11.7. The monoisotopic (exact) mass is 247 g/mol. The maximum absolute atomic E-state index is 9.61. The average Bonchev–Trinajstić information content (AvgIpc) is 2.61. The summed E-state index contributed by atoms with van der Waals surface area (Å²) in [6.45, 7) is 6.69. The van der Waals surface area contributed by atoms with Crippen molar-refractivity contribution in [2.24, 2.45) is 5.41 Å². The first kappa shape index (κ1) is 13.4. The van der Waals surface area contributed by atoms with Crippen molar-refractivity contribution in [1.82, 2.24) is 0 Å². The number of aryl methyl sites for hydroxylation is 1. The lowest BCUT2D eigenvalue weighted by Crippen LogP contribution is -2.38. The van der Waals surface area contributed by atoms with Crippen LogP contribution in [0.4, 0.5) is 5.69 Å². The molecule has 100 valence electrons. The van der Waals surface area contributed by atoms with Crippen molar-refractivity contribution in [3.63, 3.8) is 0 Å². The second kappa shape index (κ2) is 5.75. The van der Waals surface area contributed by atoms with Crippen LogP contribution in [0.3, 0.4) is 0 Å². The highest BCUT2D eigenvalue weighted by Crippen LogP contribution is 2.30. The molecule has 1 N–H and O–H groups in total. The van der Waals surface area contributed by atoms with Gasteiger partial charge in [0, 0.05) is 24.2 Å². The molecule has 0 bridgehead atoms. The van der Waals surface area contributed by atoms with E-state index in [1.54, 1.807) is 0 Å². The van der Waals surface area contributed by atoms with Gasteiger partial charge in [-0.25, -0.2) is 0 Å². The summed E-state index contributed by atoms with van der Waals surface area (Å²) in [6.07, 6.45) is 4.73. The van der Waals surface area contributed by atoms with Crippen LogP contribution in [0.25, 0.3) is 0 Å². The van der Waals surface area contributed by atoms with Crippen molar-refractivity contribution in [3.8, 4) is 0 Å². The van der Waals surface area contributed by atoms with Crippen molar-refractivity contribution >= 4 is 5.69 Å². The molecular weight excluding hydrogens is 222 g/mol. The van der Waals surface area contributed by atoms with Crippen LogP contribution in [0.1, 0.15) is 38.7 Å². The lowest BCUT2D eigenvalue weighted by molar-refractivity contribution is 0.142. The molecule has 1 atom stereocenters. The smallest absolute Gasteiger partial charge is 0.0501 e. The van der Waals surface area contributed by atoms with Crippen LogP contribution < -0.4 is 4.90 Å². The third-order valence-corrected chi connectivity index (χ3v) is 4.26. The molecule has 1 unspecified atom stereocenters. The number of fused-ring (bicyclic) bond motifs is 1. The molecular formula is C16H25NO. The third kappa shape index (κ3) is 2.86. The van der Waals surface area contributed by atoms with E-state index in [0.717, 1.165) is 19.5 Å². The Hall–Kier alpha value is -1.02. The largest absolute Gasteiger partial charge is 0.396 e. The van der Waals surface area contributed by atoms with Crippen molar-refractivity contribution in [2.45, 2.75) is 39.5 Å². The number of anilines is 1. The molecule has 18 heavy (non-hydrogen) atoms. The van der Waals surface area contributed by atoms with Gasteiger partial charge in [0.25, 0.3) is 0 Å². The topological polar surface area (TPSA) is 23.5 Å². The molecule has 0 aliphatic carbocycles. The number of hydrogen-bond donors (Lipinski definition) is 1. The maximum Gasteiger partial charge on any atom is 0.0501 e. The number of nitrogens with zero attached hydrogens (tertiary/aromatic N) is 1. The van der Waals surface area contributed by atoms with Crippen LogP contribution in [0, 0.1) is 5.41 Å². The predicted molar refractivity (Wildman–Crippen MR) is 77.1 cm³/mol. The second-order valence-corrected chi connectivity index (χ2v) is 5.83. The summed E-state index contributed by atoms with van der Waals surface area (Å²) in [6, 6.07) is 8.73. The summed E-state index contributed by atoms with van der Waals surface area (Å²) >= 11 is 0. The van der Waals surface area contributed by atoms with Crippen LogP contribution >= 0.6 is 0 Å². The molecule has 0 fully saturated rings. The fourth-order valence-corrected chi connectivity index (χ4v) is 2.67. The molecule has 1 aliphatic heterocycles. The van der Waals surface area contributed by atoms with Crippen molar-refractivity contribution in [1.29, 1.82) is 0 Å². The van der Waals surface area contributed by atoms with Crippen LogP contribution in [-0.4, -0.2) is 24.8 Å². The molecule has 2 nitrogen and oxygen atoms in total. The van der Waals surface area contributed by atoms with Gasteiger partial charge in [-0.3, -0.25) is 0 Å². The fraction of sp³-hybridized carbons (Fsp3) is 0.625. The summed E-state index contributed by atoms with van der Waals surface area (Å²) in [5, 5.41) is 9.61. The van der Waals surface area contributed by atoms with E-state index in [-0.39, 0.29) is 12.0 Å². The lowest BCUT2D eigenvalue weighted by atomic mass is 9.87. The zero-order chi connectivity index (χ0) is 13.0. The van der Waals surface area contributed by atoms with E-state index in [9.17, 15) is 5.11 Å². The number of hydrogen-bond acceptors (Lipinski definition) is 2. The van der Waals surface area contributed by atoms with E-state index in [2.05, 4.69) is 43.0 Å². The molecule has 2 heteroatoms. The molecule has 1 aliphatic rings. The fourth-order valence-electron chi connectivity index (χ4n) is 2.67. The maximum atomic E-state index is 9.61. The van der Waals surface area contributed by atoms with Crippen LogP contribution in [0.2, 0.25) is 0 Å².